The molecule has 0 spiro atoms. The zero-order valence-corrected chi connectivity index (χ0v) is 16.0. The van der Waals surface area contributed by atoms with Gasteiger partial charge in [0, 0.05) is 41.1 Å². The fourth-order valence-electron chi connectivity index (χ4n) is 2.04. The van der Waals surface area contributed by atoms with E-state index in [0.717, 1.165) is 20.3 Å². The molecule has 12 heteroatoms. The van der Waals surface area contributed by atoms with Crippen molar-refractivity contribution in [3.63, 3.8) is 0 Å². The van der Waals surface area contributed by atoms with Crippen LogP contribution in [0.15, 0.2) is 24.3 Å². The summed E-state index contributed by atoms with van der Waals surface area (Å²) in [5.74, 6) is -0.630. The van der Waals surface area contributed by atoms with E-state index in [0.29, 0.717) is 0 Å². The molecular weight excluding hydrogens is 387 g/mol. The van der Waals surface area contributed by atoms with Gasteiger partial charge >= 0.3 is 14.0 Å². The lowest BCUT2D eigenvalue weighted by atomic mass is 10.2. The first-order valence-corrected chi connectivity index (χ1v) is 9.72. The van der Waals surface area contributed by atoms with Crippen LogP contribution in [0.2, 0.25) is 0 Å². The van der Waals surface area contributed by atoms with Crippen LogP contribution in [-0.4, -0.2) is 46.9 Å². The summed E-state index contributed by atoms with van der Waals surface area (Å²) in [6.07, 6.45) is -4.97. The predicted molar refractivity (Wildman–Crippen MR) is 86.8 cm³/mol. The second kappa shape index (κ2) is 8.68. The maximum Gasteiger partial charge on any atom is 0.573 e. The van der Waals surface area contributed by atoms with Crippen molar-refractivity contribution < 1.29 is 45.1 Å². The van der Waals surface area contributed by atoms with E-state index >= 15 is 0 Å². The fraction of sp³-hybridized carbons (Fsp3) is 0.462. The van der Waals surface area contributed by atoms with Crippen LogP contribution in [0, 0.1) is 0 Å². The van der Waals surface area contributed by atoms with Crippen LogP contribution in [0.4, 0.5) is 13.2 Å². The molecule has 0 atom stereocenters. The second-order valence-electron chi connectivity index (χ2n) is 4.28. The molecular formula is C13H19F3O7P2. The summed E-state index contributed by atoms with van der Waals surface area (Å²) in [6, 6.07) is 5.03. The number of para-hydroxylation sites is 1. The Morgan fingerprint density at radius 2 is 1.36 bits per heavy atom. The van der Waals surface area contributed by atoms with Gasteiger partial charge in [0.1, 0.15) is 10.8 Å². The van der Waals surface area contributed by atoms with Gasteiger partial charge in [-0.25, -0.2) is 0 Å². The number of benzene rings is 1. The molecule has 0 aliphatic rings. The van der Waals surface area contributed by atoms with E-state index in [-0.39, 0.29) is 10.6 Å². The minimum atomic E-state index is -4.97. The van der Waals surface area contributed by atoms with Gasteiger partial charge < -0.3 is 27.4 Å². The average Bonchev–Trinajstić information content (AvgIpc) is 2.59. The number of hydrogen-bond donors (Lipinski definition) is 0. The molecule has 0 aliphatic carbocycles. The standard InChI is InChI=1S/C13H19F3O7P2/c1-18-24(17,19-2)12(25(20-3,21-4)22-5)10-8-6-7-9-11(10)23-13(14,15)16/h6-9H,1-5H3. The summed E-state index contributed by atoms with van der Waals surface area (Å²) in [6.45, 7) is 0. The molecule has 0 fully saturated rings. The molecule has 0 radical (unpaired) electrons. The lowest BCUT2D eigenvalue weighted by molar-refractivity contribution is -0.274. The molecule has 7 nitrogen and oxygen atoms in total. The highest BCUT2D eigenvalue weighted by Gasteiger charge is 2.43. The zero-order valence-electron chi connectivity index (χ0n) is 14.2. The smallest absolute Gasteiger partial charge is 0.405 e. The molecule has 1 aromatic carbocycles. The van der Waals surface area contributed by atoms with Crippen molar-refractivity contribution in [3.8, 4) is 5.75 Å². The minimum Gasteiger partial charge on any atom is -0.405 e. The Balaban J connectivity index is 3.91. The number of alkyl halides is 3. The van der Waals surface area contributed by atoms with Gasteiger partial charge in [-0.05, 0) is 6.07 Å². The normalized spacial score (nSPS) is 13.0. The van der Waals surface area contributed by atoms with Gasteiger partial charge in [0.25, 0.3) is 7.57 Å². The largest absolute Gasteiger partial charge is 0.573 e. The first kappa shape index (κ1) is 22.2. The first-order chi connectivity index (χ1) is 11.6. The van der Waals surface area contributed by atoms with Crippen molar-refractivity contribution >= 4 is 20.2 Å². The summed E-state index contributed by atoms with van der Waals surface area (Å²) >= 11 is 0. The van der Waals surface area contributed by atoms with Crippen molar-refractivity contribution in [2.24, 2.45) is 0 Å². The Hall–Kier alpha value is -0.860. The van der Waals surface area contributed by atoms with Crippen LogP contribution >= 0.6 is 15.2 Å². The second-order valence-corrected chi connectivity index (χ2v) is 9.34. The van der Waals surface area contributed by atoms with E-state index in [1.54, 1.807) is 0 Å². The highest BCUT2D eigenvalue weighted by Crippen LogP contribution is 2.65. The molecule has 0 bridgehead atoms. The van der Waals surface area contributed by atoms with Gasteiger partial charge in [0.2, 0.25) is 0 Å². The van der Waals surface area contributed by atoms with Crippen molar-refractivity contribution in [2.45, 2.75) is 6.36 Å². The highest BCUT2D eigenvalue weighted by atomic mass is 31.2. The number of halogens is 3. The predicted octanol–water partition coefficient (Wildman–Crippen LogP) is 4.25. The zero-order chi connectivity index (χ0) is 19.3. The van der Waals surface area contributed by atoms with Crippen molar-refractivity contribution in [1.82, 2.24) is 0 Å². The molecule has 0 saturated heterocycles. The third kappa shape index (κ3) is 4.86. The molecule has 0 amide bonds. The van der Waals surface area contributed by atoms with Gasteiger partial charge in [0.05, 0.1) is 0 Å². The third-order valence-corrected chi connectivity index (χ3v) is 8.47. The molecule has 0 aliphatic heterocycles. The molecule has 1 rings (SSSR count). The molecule has 1 aromatic rings. The lowest BCUT2D eigenvalue weighted by Crippen LogP contribution is -2.20. The Bertz CT molecular complexity index is 663. The summed E-state index contributed by atoms with van der Waals surface area (Å²) in [7, 11) is -1.95. The molecule has 0 unspecified atom stereocenters. The topological polar surface area (TPSA) is 72.5 Å². The average molecular weight is 406 g/mol. The van der Waals surface area contributed by atoms with Crippen molar-refractivity contribution in [1.29, 1.82) is 0 Å². The fourth-order valence-corrected chi connectivity index (χ4v) is 6.89. The van der Waals surface area contributed by atoms with Gasteiger partial charge in [-0.1, -0.05) is 18.2 Å². The molecule has 0 saturated carbocycles. The number of ether oxygens (including phenoxy) is 1. The Morgan fingerprint density at radius 3 is 1.76 bits per heavy atom. The maximum absolute atomic E-state index is 13.1. The van der Waals surface area contributed by atoms with Crippen LogP contribution in [0.5, 0.6) is 5.75 Å². The van der Waals surface area contributed by atoms with Crippen LogP contribution in [0.1, 0.15) is 5.56 Å². The molecule has 25 heavy (non-hydrogen) atoms. The third-order valence-electron chi connectivity index (χ3n) is 3.07. The monoisotopic (exact) mass is 406 g/mol. The van der Waals surface area contributed by atoms with E-state index in [1.165, 1.54) is 39.5 Å². The molecule has 0 heterocycles. The van der Waals surface area contributed by atoms with Gasteiger partial charge in [-0.2, -0.15) is 0 Å². The summed E-state index contributed by atoms with van der Waals surface area (Å²) in [4.78, 5) is 0. The first-order valence-electron chi connectivity index (χ1n) is 6.64. The van der Waals surface area contributed by atoms with E-state index in [1.807, 2.05) is 0 Å². The van der Waals surface area contributed by atoms with E-state index in [9.17, 15) is 17.7 Å². The van der Waals surface area contributed by atoms with Gasteiger partial charge in [0.15, 0.2) is 0 Å². The van der Waals surface area contributed by atoms with Crippen molar-refractivity contribution in [3.05, 3.63) is 29.8 Å². The minimum absolute atomic E-state index is 0.231. The van der Waals surface area contributed by atoms with Gasteiger partial charge in [-0.15, -0.1) is 13.2 Å². The Morgan fingerprint density at radius 1 is 0.880 bits per heavy atom. The molecule has 0 N–H and O–H groups in total. The van der Waals surface area contributed by atoms with E-state index < -0.39 is 27.3 Å². The number of rotatable bonds is 8. The van der Waals surface area contributed by atoms with Crippen LogP contribution < -0.4 is 4.74 Å². The summed E-state index contributed by atoms with van der Waals surface area (Å²) < 4.78 is 80.9. The Labute approximate surface area is 143 Å². The van der Waals surface area contributed by atoms with Crippen LogP contribution in [0.3, 0.4) is 0 Å². The van der Waals surface area contributed by atoms with Crippen LogP contribution in [0.25, 0.3) is 0 Å². The van der Waals surface area contributed by atoms with Crippen LogP contribution in [-0.2, 0) is 27.2 Å². The Kier molecular flexibility index (Phi) is 7.71. The lowest BCUT2D eigenvalue weighted by Gasteiger charge is -2.28. The van der Waals surface area contributed by atoms with E-state index in [4.69, 9.17) is 22.6 Å². The summed E-state index contributed by atoms with van der Waals surface area (Å²) in [5.41, 5.74) is -0.231. The molecule has 0 aromatic heterocycles. The van der Waals surface area contributed by atoms with Gasteiger partial charge in [-0.3, -0.25) is 4.57 Å². The summed E-state index contributed by atoms with van der Waals surface area (Å²) in [5, 5.41) is -0.336. The quantitative estimate of drug-likeness (QED) is 0.598. The van der Waals surface area contributed by atoms with E-state index in [2.05, 4.69) is 4.74 Å². The highest BCUT2D eigenvalue weighted by molar-refractivity contribution is 7.89. The maximum atomic E-state index is 13.1. The molecule has 144 valence electrons. The SMILES string of the molecule is COP(=O)(OC)C(c1ccccc1OC(F)(F)F)=P(OC)(OC)OC. The van der Waals surface area contributed by atoms with Crippen molar-refractivity contribution in [2.75, 3.05) is 35.5 Å². The number of hydrogen-bond acceptors (Lipinski definition) is 7.